The lowest BCUT2D eigenvalue weighted by Gasteiger charge is -2.34. The molecule has 1 aromatic rings. The van der Waals surface area contributed by atoms with Crippen LogP contribution < -0.4 is 5.32 Å². The van der Waals surface area contributed by atoms with Crippen LogP contribution in [-0.2, 0) is 4.79 Å². The fourth-order valence-corrected chi connectivity index (χ4v) is 2.66. The summed E-state index contributed by atoms with van der Waals surface area (Å²) >= 11 is 0. The number of rotatable bonds is 5. The van der Waals surface area contributed by atoms with E-state index in [1.165, 1.54) is 12.1 Å². The van der Waals surface area contributed by atoms with Gasteiger partial charge in [-0.2, -0.15) is 0 Å². The van der Waals surface area contributed by atoms with E-state index >= 15 is 0 Å². The Labute approximate surface area is 140 Å². The second-order valence-corrected chi connectivity index (χ2v) is 6.06. The third kappa shape index (κ3) is 4.51. The van der Waals surface area contributed by atoms with Crippen LogP contribution in [0.4, 0.5) is 5.69 Å². The van der Waals surface area contributed by atoms with Crippen molar-refractivity contribution < 1.29 is 14.5 Å². The van der Waals surface area contributed by atoms with E-state index in [-0.39, 0.29) is 29.1 Å². The Morgan fingerprint density at radius 3 is 2.42 bits per heavy atom. The maximum atomic E-state index is 12.5. The number of nitrogens with zero attached hydrogens (tertiary/aromatic N) is 3. The van der Waals surface area contributed by atoms with Gasteiger partial charge in [0, 0.05) is 38.3 Å². The summed E-state index contributed by atoms with van der Waals surface area (Å²) in [6.07, 6.45) is 0. The quantitative estimate of drug-likeness (QED) is 0.637. The molecule has 2 amide bonds. The second kappa shape index (κ2) is 7.87. The molecule has 1 heterocycles. The van der Waals surface area contributed by atoms with E-state index in [1.807, 2.05) is 18.7 Å². The molecule has 1 N–H and O–H groups in total. The van der Waals surface area contributed by atoms with Crippen LogP contribution in [0.5, 0.6) is 0 Å². The number of nitrogens with one attached hydrogen (secondary N) is 1. The number of nitro groups is 1. The topological polar surface area (TPSA) is 95.8 Å². The molecule has 8 heteroatoms. The lowest BCUT2D eigenvalue weighted by Crippen LogP contribution is -2.51. The summed E-state index contributed by atoms with van der Waals surface area (Å²) in [5.41, 5.74) is -0.0743. The van der Waals surface area contributed by atoms with Crippen LogP contribution >= 0.6 is 0 Å². The van der Waals surface area contributed by atoms with Crippen molar-refractivity contribution in [2.24, 2.45) is 0 Å². The number of hydrogen-bond donors (Lipinski definition) is 1. The highest BCUT2D eigenvalue weighted by molar-refractivity contribution is 5.98. The largest absolute Gasteiger partial charge is 0.353 e. The molecule has 24 heavy (non-hydrogen) atoms. The third-order valence-corrected chi connectivity index (χ3v) is 3.81. The molecule has 1 saturated heterocycles. The highest BCUT2D eigenvalue weighted by Gasteiger charge is 2.27. The molecule has 0 aliphatic carbocycles. The zero-order chi connectivity index (χ0) is 17.7. The number of amides is 2. The zero-order valence-corrected chi connectivity index (χ0v) is 13.9. The number of piperazine rings is 1. The number of para-hydroxylation sites is 1. The van der Waals surface area contributed by atoms with Crippen molar-refractivity contribution in [1.82, 2.24) is 15.1 Å². The molecule has 0 unspecified atom stereocenters. The summed E-state index contributed by atoms with van der Waals surface area (Å²) in [4.78, 5) is 38.4. The van der Waals surface area contributed by atoms with Gasteiger partial charge >= 0.3 is 0 Å². The Kier molecular flexibility index (Phi) is 5.86. The Morgan fingerprint density at radius 2 is 1.83 bits per heavy atom. The van der Waals surface area contributed by atoms with Gasteiger partial charge in [0.1, 0.15) is 5.56 Å². The highest BCUT2D eigenvalue weighted by Crippen LogP contribution is 2.20. The second-order valence-electron chi connectivity index (χ2n) is 6.06. The Bertz CT molecular complexity index is 624. The van der Waals surface area contributed by atoms with Gasteiger partial charge in [0.05, 0.1) is 11.5 Å². The molecule has 0 atom stereocenters. The van der Waals surface area contributed by atoms with Crippen molar-refractivity contribution in [3.05, 3.63) is 39.9 Å². The van der Waals surface area contributed by atoms with Gasteiger partial charge in [-0.3, -0.25) is 24.6 Å². The molecule has 0 spiro atoms. The number of benzene rings is 1. The van der Waals surface area contributed by atoms with Crippen molar-refractivity contribution in [2.45, 2.75) is 19.9 Å². The SMILES string of the molecule is CC(C)NC(=O)CN1CCN(C(=O)c2ccccc2[N+](=O)[O-])CC1. The Hall–Kier alpha value is -2.48. The fraction of sp³-hybridized carbons (Fsp3) is 0.500. The van der Waals surface area contributed by atoms with Crippen LogP contribution in [0.2, 0.25) is 0 Å². The van der Waals surface area contributed by atoms with Crippen LogP contribution in [0.15, 0.2) is 24.3 Å². The number of carbonyl (C=O) groups excluding carboxylic acids is 2. The molecule has 0 aromatic heterocycles. The van der Waals surface area contributed by atoms with Crippen molar-refractivity contribution in [3.8, 4) is 0 Å². The molecule has 130 valence electrons. The number of nitro benzene ring substituents is 1. The molecule has 1 aliphatic heterocycles. The van der Waals surface area contributed by atoms with E-state index in [2.05, 4.69) is 5.32 Å². The average molecular weight is 334 g/mol. The third-order valence-electron chi connectivity index (χ3n) is 3.81. The lowest BCUT2D eigenvalue weighted by molar-refractivity contribution is -0.385. The highest BCUT2D eigenvalue weighted by atomic mass is 16.6. The molecule has 1 aromatic carbocycles. The lowest BCUT2D eigenvalue weighted by atomic mass is 10.1. The maximum Gasteiger partial charge on any atom is 0.282 e. The van der Waals surface area contributed by atoms with E-state index in [9.17, 15) is 19.7 Å². The van der Waals surface area contributed by atoms with Crippen LogP contribution in [0.3, 0.4) is 0 Å². The molecule has 0 bridgehead atoms. The minimum Gasteiger partial charge on any atom is -0.353 e. The first kappa shape index (κ1) is 17.9. The molecular weight excluding hydrogens is 312 g/mol. The van der Waals surface area contributed by atoms with E-state index in [1.54, 1.807) is 17.0 Å². The first-order valence-electron chi connectivity index (χ1n) is 7.93. The zero-order valence-electron chi connectivity index (χ0n) is 13.9. The minimum atomic E-state index is -0.542. The molecule has 8 nitrogen and oxygen atoms in total. The monoisotopic (exact) mass is 334 g/mol. The molecule has 1 fully saturated rings. The van der Waals surface area contributed by atoms with E-state index in [4.69, 9.17) is 0 Å². The van der Waals surface area contributed by atoms with Gasteiger partial charge < -0.3 is 10.2 Å². The standard InChI is InChI=1S/C16H22N4O4/c1-12(2)17-15(21)11-18-7-9-19(10-8-18)16(22)13-5-3-4-6-14(13)20(23)24/h3-6,12H,7-11H2,1-2H3,(H,17,21). The Morgan fingerprint density at radius 1 is 1.21 bits per heavy atom. The molecule has 2 rings (SSSR count). The van der Waals surface area contributed by atoms with Gasteiger partial charge in [-0.1, -0.05) is 12.1 Å². The van der Waals surface area contributed by atoms with Gasteiger partial charge in [0.2, 0.25) is 5.91 Å². The van der Waals surface area contributed by atoms with Crippen molar-refractivity contribution in [1.29, 1.82) is 0 Å². The summed E-state index contributed by atoms with van der Waals surface area (Å²) in [6, 6.07) is 6.06. The van der Waals surface area contributed by atoms with E-state index in [0.717, 1.165) is 0 Å². The van der Waals surface area contributed by atoms with Gasteiger partial charge in [-0.25, -0.2) is 0 Å². The summed E-state index contributed by atoms with van der Waals surface area (Å²) in [7, 11) is 0. The maximum absolute atomic E-state index is 12.5. The predicted octanol–water partition coefficient (Wildman–Crippen LogP) is 0.877. The van der Waals surface area contributed by atoms with Gasteiger partial charge in [-0.05, 0) is 19.9 Å². The first-order chi connectivity index (χ1) is 11.4. The van der Waals surface area contributed by atoms with Crippen LogP contribution in [0.25, 0.3) is 0 Å². The van der Waals surface area contributed by atoms with Crippen molar-refractivity contribution in [2.75, 3.05) is 32.7 Å². The predicted molar refractivity (Wildman–Crippen MR) is 88.7 cm³/mol. The van der Waals surface area contributed by atoms with Crippen LogP contribution in [0, 0.1) is 10.1 Å². The summed E-state index contributed by atoms with van der Waals surface area (Å²) in [5.74, 6) is -0.378. The summed E-state index contributed by atoms with van der Waals surface area (Å²) < 4.78 is 0. The normalized spacial score (nSPS) is 15.4. The molecule has 0 radical (unpaired) electrons. The molecule has 1 aliphatic rings. The van der Waals surface area contributed by atoms with Crippen LogP contribution in [0.1, 0.15) is 24.2 Å². The van der Waals surface area contributed by atoms with Gasteiger partial charge in [0.25, 0.3) is 11.6 Å². The summed E-state index contributed by atoms with van der Waals surface area (Å²) in [6.45, 7) is 6.13. The molecule has 0 saturated carbocycles. The van der Waals surface area contributed by atoms with E-state index < -0.39 is 4.92 Å². The van der Waals surface area contributed by atoms with Gasteiger partial charge in [-0.15, -0.1) is 0 Å². The first-order valence-corrected chi connectivity index (χ1v) is 7.93. The summed E-state index contributed by atoms with van der Waals surface area (Å²) in [5, 5.41) is 13.9. The van der Waals surface area contributed by atoms with Gasteiger partial charge in [0.15, 0.2) is 0 Å². The number of carbonyl (C=O) groups is 2. The van der Waals surface area contributed by atoms with Crippen LogP contribution in [-0.4, -0.2) is 65.3 Å². The van der Waals surface area contributed by atoms with E-state index in [0.29, 0.717) is 32.7 Å². The fourth-order valence-electron chi connectivity index (χ4n) is 2.66. The molecular formula is C16H22N4O4. The number of hydrogen-bond acceptors (Lipinski definition) is 5. The van der Waals surface area contributed by atoms with Crippen molar-refractivity contribution >= 4 is 17.5 Å². The van der Waals surface area contributed by atoms with Crippen molar-refractivity contribution in [3.63, 3.8) is 0 Å². The smallest absolute Gasteiger partial charge is 0.282 e. The average Bonchev–Trinajstić information content (AvgIpc) is 2.54. The minimum absolute atomic E-state index is 0.0385. The Balaban J connectivity index is 1.94.